The van der Waals surface area contributed by atoms with Gasteiger partial charge in [0.05, 0.1) is 0 Å². The van der Waals surface area contributed by atoms with Crippen LogP contribution >= 0.6 is 0 Å². The Morgan fingerprint density at radius 3 is 2.78 bits per heavy atom. The van der Waals surface area contributed by atoms with E-state index in [1.54, 1.807) is 0 Å². The maximum Gasteiger partial charge on any atom is 0.107 e. The highest BCUT2D eigenvalue weighted by atomic mass is 15.1. The Labute approximate surface area is 110 Å². The second-order valence-corrected chi connectivity index (χ2v) is 5.36. The molecule has 4 heteroatoms. The summed E-state index contributed by atoms with van der Waals surface area (Å²) in [5.74, 6) is 1.07. The van der Waals surface area contributed by atoms with Crippen LogP contribution in [0.2, 0.25) is 0 Å². The van der Waals surface area contributed by atoms with E-state index in [9.17, 15) is 0 Å². The van der Waals surface area contributed by atoms with E-state index in [2.05, 4.69) is 27.1 Å². The number of hydrogen-bond acceptors (Lipinski definition) is 3. The normalized spacial score (nSPS) is 19.6. The number of nitrogens with one attached hydrogen (secondary N) is 2. The molecular formula is C14H26N4. The van der Waals surface area contributed by atoms with Crippen LogP contribution < -0.4 is 5.32 Å². The van der Waals surface area contributed by atoms with Crippen molar-refractivity contribution in [1.29, 1.82) is 0 Å². The summed E-state index contributed by atoms with van der Waals surface area (Å²) in [5, 5.41) is 3.59. The van der Waals surface area contributed by atoms with Gasteiger partial charge in [-0.1, -0.05) is 12.8 Å². The number of imidazole rings is 1. The van der Waals surface area contributed by atoms with Crippen LogP contribution in [0.3, 0.4) is 0 Å². The minimum Gasteiger partial charge on any atom is -0.349 e. The standard InChI is InChI=1S/C14H26N4/c1-13(12-18-10-4-2-3-5-11-18)15-7-6-14-16-8-9-17-14/h8-9,13,15H,2-7,10-12H2,1H3,(H,16,17). The molecule has 0 saturated carbocycles. The minimum atomic E-state index is 0.568. The second-order valence-electron chi connectivity index (χ2n) is 5.36. The molecule has 2 N–H and O–H groups in total. The molecule has 1 aromatic rings. The fourth-order valence-electron chi connectivity index (χ4n) is 2.64. The van der Waals surface area contributed by atoms with Gasteiger partial charge in [0.25, 0.3) is 0 Å². The highest BCUT2D eigenvalue weighted by Gasteiger charge is 2.11. The molecular weight excluding hydrogens is 224 g/mol. The monoisotopic (exact) mass is 250 g/mol. The van der Waals surface area contributed by atoms with Crippen molar-refractivity contribution in [2.75, 3.05) is 26.2 Å². The van der Waals surface area contributed by atoms with Gasteiger partial charge in [0, 0.05) is 37.9 Å². The van der Waals surface area contributed by atoms with E-state index in [4.69, 9.17) is 0 Å². The second kappa shape index (κ2) is 7.54. The van der Waals surface area contributed by atoms with Crippen LogP contribution in [0.4, 0.5) is 0 Å². The number of H-pyrrole nitrogens is 1. The molecule has 1 atom stereocenters. The number of rotatable bonds is 6. The van der Waals surface area contributed by atoms with E-state index >= 15 is 0 Å². The molecule has 1 aromatic heterocycles. The molecule has 102 valence electrons. The van der Waals surface area contributed by atoms with Gasteiger partial charge in [0.15, 0.2) is 0 Å². The van der Waals surface area contributed by atoms with Crippen LogP contribution in [0.1, 0.15) is 38.4 Å². The molecule has 18 heavy (non-hydrogen) atoms. The molecule has 4 nitrogen and oxygen atoms in total. The summed E-state index contributed by atoms with van der Waals surface area (Å²) in [6.07, 6.45) is 10.3. The van der Waals surface area contributed by atoms with Crippen LogP contribution in [0.5, 0.6) is 0 Å². The lowest BCUT2D eigenvalue weighted by molar-refractivity contribution is 0.256. The Morgan fingerprint density at radius 2 is 2.11 bits per heavy atom. The van der Waals surface area contributed by atoms with Crippen molar-refractivity contribution in [3.05, 3.63) is 18.2 Å². The van der Waals surface area contributed by atoms with Gasteiger partial charge in [-0.05, 0) is 32.9 Å². The zero-order valence-electron chi connectivity index (χ0n) is 11.5. The van der Waals surface area contributed by atoms with Crippen LogP contribution in [0.15, 0.2) is 12.4 Å². The first-order chi connectivity index (χ1) is 8.84. The predicted octanol–water partition coefficient (Wildman–Crippen LogP) is 1.81. The number of nitrogens with zero attached hydrogens (tertiary/aromatic N) is 2. The average Bonchev–Trinajstić information content (AvgIpc) is 2.74. The van der Waals surface area contributed by atoms with Crippen molar-refractivity contribution in [2.24, 2.45) is 0 Å². The quantitative estimate of drug-likeness (QED) is 0.809. The molecule has 1 fully saturated rings. The Morgan fingerprint density at radius 1 is 1.33 bits per heavy atom. The Hall–Kier alpha value is -0.870. The summed E-state index contributed by atoms with van der Waals surface area (Å²) >= 11 is 0. The Balaban J connectivity index is 1.60. The summed E-state index contributed by atoms with van der Waals surface area (Å²) in [7, 11) is 0. The van der Waals surface area contributed by atoms with Crippen LogP contribution in [-0.4, -0.2) is 47.1 Å². The molecule has 0 aliphatic carbocycles. The largest absolute Gasteiger partial charge is 0.349 e. The van der Waals surface area contributed by atoms with Crippen molar-refractivity contribution >= 4 is 0 Å². The summed E-state index contributed by atoms with van der Waals surface area (Å²) in [6, 6.07) is 0.568. The van der Waals surface area contributed by atoms with Crippen molar-refractivity contribution in [2.45, 2.75) is 45.1 Å². The van der Waals surface area contributed by atoms with Crippen LogP contribution in [0, 0.1) is 0 Å². The van der Waals surface area contributed by atoms with Gasteiger partial charge in [0.2, 0.25) is 0 Å². The van der Waals surface area contributed by atoms with Crippen molar-refractivity contribution in [1.82, 2.24) is 20.2 Å². The molecule has 2 heterocycles. The van der Waals surface area contributed by atoms with Gasteiger partial charge >= 0.3 is 0 Å². The van der Waals surface area contributed by atoms with Gasteiger partial charge in [-0.15, -0.1) is 0 Å². The molecule has 0 bridgehead atoms. The maximum absolute atomic E-state index is 4.24. The third kappa shape index (κ3) is 4.78. The van der Waals surface area contributed by atoms with Gasteiger partial charge in [-0.3, -0.25) is 0 Å². The summed E-state index contributed by atoms with van der Waals surface area (Å²) < 4.78 is 0. The Kier molecular flexibility index (Phi) is 5.68. The molecule has 0 amide bonds. The lowest BCUT2D eigenvalue weighted by Crippen LogP contribution is -2.40. The van der Waals surface area contributed by atoms with Crippen LogP contribution in [-0.2, 0) is 6.42 Å². The highest BCUT2D eigenvalue weighted by molar-refractivity contribution is 4.87. The third-order valence-electron chi connectivity index (χ3n) is 3.64. The van der Waals surface area contributed by atoms with E-state index in [1.807, 2.05) is 12.4 Å². The lowest BCUT2D eigenvalue weighted by atomic mass is 10.2. The van der Waals surface area contributed by atoms with Gasteiger partial charge in [0.1, 0.15) is 5.82 Å². The summed E-state index contributed by atoms with van der Waals surface area (Å²) in [4.78, 5) is 9.98. The average molecular weight is 250 g/mol. The van der Waals surface area contributed by atoms with Crippen molar-refractivity contribution in [3.8, 4) is 0 Å². The molecule has 1 aliphatic heterocycles. The van der Waals surface area contributed by atoms with Gasteiger partial charge in [-0.25, -0.2) is 4.98 Å². The van der Waals surface area contributed by atoms with E-state index in [0.717, 1.165) is 18.8 Å². The molecule has 0 radical (unpaired) electrons. The van der Waals surface area contributed by atoms with Gasteiger partial charge < -0.3 is 15.2 Å². The smallest absolute Gasteiger partial charge is 0.107 e. The molecule has 0 aromatic carbocycles. The van der Waals surface area contributed by atoms with E-state index in [1.165, 1.54) is 45.3 Å². The fourth-order valence-corrected chi connectivity index (χ4v) is 2.64. The third-order valence-corrected chi connectivity index (χ3v) is 3.64. The SMILES string of the molecule is CC(CN1CCCCCC1)NCCc1ncc[nH]1. The van der Waals surface area contributed by atoms with E-state index in [0.29, 0.717) is 6.04 Å². The lowest BCUT2D eigenvalue weighted by Gasteiger charge is -2.24. The summed E-state index contributed by atoms with van der Waals surface area (Å²) in [5.41, 5.74) is 0. The van der Waals surface area contributed by atoms with E-state index in [-0.39, 0.29) is 0 Å². The maximum atomic E-state index is 4.24. The molecule has 1 saturated heterocycles. The number of aromatic amines is 1. The molecule has 1 unspecified atom stereocenters. The van der Waals surface area contributed by atoms with Crippen LogP contribution in [0.25, 0.3) is 0 Å². The zero-order valence-corrected chi connectivity index (χ0v) is 11.5. The first-order valence-corrected chi connectivity index (χ1v) is 7.28. The first-order valence-electron chi connectivity index (χ1n) is 7.28. The highest BCUT2D eigenvalue weighted by Crippen LogP contribution is 2.09. The number of likely N-dealkylation sites (tertiary alicyclic amines) is 1. The first kappa shape index (κ1) is 13.6. The number of hydrogen-bond donors (Lipinski definition) is 2. The molecule has 1 aliphatic rings. The zero-order chi connectivity index (χ0) is 12.6. The molecule has 2 rings (SSSR count). The predicted molar refractivity (Wildman–Crippen MR) is 74.7 cm³/mol. The number of aromatic nitrogens is 2. The van der Waals surface area contributed by atoms with Crippen molar-refractivity contribution < 1.29 is 0 Å². The Bertz CT molecular complexity index is 302. The van der Waals surface area contributed by atoms with Gasteiger partial charge in [-0.2, -0.15) is 0 Å². The topological polar surface area (TPSA) is 44.0 Å². The fraction of sp³-hybridized carbons (Fsp3) is 0.786. The van der Waals surface area contributed by atoms with E-state index < -0.39 is 0 Å². The molecule has 0 spiro atoms. The summed E-state index contributed by atoms with van der Waals surface area (Å²) in [6.45, 7) is 7.03. The minimum absolute atomic E-state index is 0.568. The van der Waals surface area contributed by atoms with Crippen molar-refractivity contribution in [3.63, 3.8) is 0 Å².